The first kappa shape index (κ1) is 31.2. The highest BCUT2D eigenvalue weighted by atomic mass is 32.2. The third-order valence-corrected chi connectivity index (χ3v) is 9.07. The second kappa shape index (κ2) is 17.5. The van der Waals surface area contributed by atoms with E-state index in [1.165, 1.54) is 101 Å². The fourth-order valence-corrected chi connectivity index (χ4v) is 6.25. The molecule has 0 fully saturated rings. The predicted molar refractivity (Wildman–Crippen MR) is 154 cm³/mol. The molecule has 2 aromatic rings. The quantitative estimate of drug-likeness (QED) is 0.167. The SMILES string of the molecule is CCCCCCCCCCc1cc(S(=O)(=O)c2ccc(O)c(CCCCCCCCCC)c2)ccc1O. The zero-order valence-corrected chi connectivity index (χ0v) is 24.1. The van der Waals surface area contributed by atoms with Crippen molar-refractivity contribution in [2.75, 3.05) is 0 Å². The van der Waals surface area contributed by atoms with Gasteiger partial charge in [-0.25, -0.2) is 8.42 Å². The Bertz CT molecular complexity index is 938. The molecule has 37 heavy (non-hydrogen) atoms. The molecular formula is C32H50O4S. The van der Waals surface area contributed by atoms with Crippen molar-refractivity contribution in [1.82, 2.24) is 0 Å². The van der Waals surface area contributed by atoms with E-state index in [1.807, 2.05) is 0 Å². The van der Waals surface area contributed by atoms with Crippen LogP contribution in [-0.2, 0) is 22.7 Å². The fourth-order valence-electron chi connectivity index (χ4n) is 4.89. The molecule has 0 saturated heterocycles. The molecule has 208 valence electrons. The molecule has 0 radical (unpaired) electrons. The molecule has 0 saturated carbocycles. The van der Waals surface area contributed by atoms with E-state index < -0.39 is 9.84 Å². The number of benzene rings is 2. The van der Waals surface area contributed by atoms with Crippen LogP contribution in [0.2, 0.25) is 0 Å². The summed E-state index contributed by atoms with van der Waals surface area (Å²) < 4.78 is 26.8. The lowest BCUT2D eigenvalue weighted by Gasteiger charge is -2.11. The first-order valence-electron chi connectivity index (χ1n) is 14.8. The Morgan fingerprint density at radius 1 is 0.514 bits per heavy atom. The Labute approximate surface area is 226 Å². The second-order valence-electron chi connectivity index (χ2n) is 10.5. The average molecular weight is 531 g/mol. The lowest BCUT2D eigenvalue weighted by Crippen LogP contribution is -2.04. The maximum absolute atomic E-state index is 13.4. The Hall–Kier alpha value is -2.01. The van der Waals surface area contributed by atoms with E-state index in [0.717, 1.165) is 25.7 Å². The molecule has 0 atom stereocenters. The monoisotopic (exact) mass is 530 g/mol. The van der Waals surface area contributed by atoms with E-state index >= 15 is 0 Å². The Kier molecular flexibility index (Phi) is 14.8. The van der Waals surface area contributed by atoms with E-state index in [9.17, 15) is 18.6 Å². The maximum Gasteiger partial charge on any atom is 0.206 e. The van der Waals surface area contributed by atoms with Crippen molar-refractivity contribution in [3.8, 4) is 11.5 Å². The number of rotatable bonds is 20. The molecule has 0 aliphatic rings. The molecular weight excluding hydrogens is 480 g/mol. The number of aromatic hydroxyl groups is 2. The summed E-state index contributed by atoms with van der Waals surface area (Å²) in [6.45, 7) is 4.44. The van der Waals surface area contributed by atoms with Crippen LogP contribution in [0, 0.1) is 0 Å². The smallest absolute Gasteiger partial charge is 0.206 e. The molecule has 2 rings (SSSR count). The standard InChI is InChI=1S/C32H50O4S/c1-3-5-7-9-11-13-15-17-19-27-25-29(21-23-31(27)33)37(35,36)30-22-24-32(34)28(26-30)20-18-16-14-12-10-8-6-4-2/h21-26,33-34H,3-20H2,1-2H3. The van der Waals surface area contributed by atoms with Gasteiger partial charge in [0, 0.05) is 0 Å². The van der Waals surface area contributed by atoms with Crippen molar-refractivity contribution >= 4 is 9.84 Å². The van der Waals surface area contributed by atoms with Gasteiger partial charge in [0.05, 0.1) is 9.79 Å². The summed E-state index contributed by atoms with van der Waals surface area (Å²) in [7, 11) is -3.74. The van der Waals surface area contributed by atoms with Crippen LogP contribution in [0.15, 0.2) is 46.2 Å². The topological polar surface area (TPSA) is 74.6 Å². The molecule has 2 aromatic carbocycles. The number of phenols is 2. The van der Waals surface area contributed by atoms with Gasteiger partial charge in [-0.15, -0.1) is 0 Å². The van der Waals surface area contributed by atoms with Crippen LogP contribution in [0.1, 0.15) is 128 Å². The van der Waals surface area contributed by atoms with Gasteiger partial charge in [0.15, 0.2) is 0 Å². The third-order valence-electron chi connectivity index (χ3n) is 7.32. The van der Waals surface area contributed by atoms with Gasteiger partial charge in [-0.3, -0.25) is 0 Å². The molecule has 0 unspecified atom stereocenters. The van der Waals surface area contributed by atoms with Gasteiger partial charge >= 0.3 is 0 Å². The number of unbranched alkanes of at least 4 members (excludes halogenated alkanes) is 14. The van der Waals surface area contributed by atoms with Crippen LogP contribution < -0.4 is 0 Å². The summed E-state index contributed by atoms with van der Waals surface area (Å²) in [5.41, 5.74) is 1.37. The van der Waals surface area contributed by atoms with Gasteiger partial charge in [-0.2, -0.15) is 0 Å². The third kappa shape index (κ3) is 11.1. The van der Waals surface area contributed by atoms with Crippen LogP contribution >= 0.6 is 0 Å². The molecule has 5 heteroatoms. The molecule has 0 heterocycles. The van der Waals surface area contributed by atoms with Gasteiger partial charge in [0.1, 0.15) is 11.5 Å². The van der Waals surface area contributed by atoms with E-state index in [-0.39, 0.29) is 21.3 Å². The van der Waals surface area contributed by atoms with E-state index in [1.54, 1.807) is 12.1 Å². The highest BCUT2D eigenvalue weighted by Crippen LogP contribution is 2.30. The van der Waals surface area contributed by atoms with Crippen molar-refractivity contribution in [2.24, 2.45) is 0 Å². The number of sulfone groups is 1. The molecule has 4 nitrogen and oxygen atoms in total. The average Bonchev–Trinajstić information content (AvgIpc) is 2.89. The number of hydrogen-bond donors (Lipinski definition) is 2. The van der Waals surface area contributed by atoms with Gasteiger partial charge in [-0.05, 0) is 73.2 Å². The fraction of sp³-hybridized carbons (Fsp3) is 0.625. The molecule has 0 aliphatic carbocycles. The molecule has 0 amide bonds. The second-order valence-corrected chi connectivity index (χ2v) is 12.5. The number of aryl methyl sites for hydroxylation is 2. The van der Waals surface area contributed by atoms with Crippen molar-refractivity contribution in [3.05, 3.63) is 47.5 Å². The highest BCUT2D eigenvalue weighted by molar-refractivity contribution is 7.91. The molecule has 0 bridgehead atoms. The number of hydrogen-bond acceptors (Lipinski definition) is 4. The van der Waals surface area contributed by atoms with Crippen molar-refractivity contribution in [3.63, 3.8) is 0 Å². The summed E-state index contributed by atoms with van der Waals surface area (Å²) in [6, 6.07) is 9.19. The number of phenolic OH excluding ortho intramolecular Hbond substituents is 2. The van der Waals surface area contributed by atoms with Gasteiger partial charge in [-0.1, -0.05) is 104 Å². The van der Waals surface area contributed by atoms with E-state index in [4.69, 9.17) is 0 Å². The zero-order chi connectivity index (χ0) is 26.9. The summed E-state index contributed by atoms with van der Waals surface area (Å²) in [5.74, 6) is 0.311. The van der Waals surface area contributed by atoms with Crippen molar-refractivity contribution in [2.45, 2.75) is 139 Å². The van der Waals surface area contributed by atoms with Crippen molar-refractivity contribution in [1.29, 1.82) is 0 Å². The summed E-state index contributed by atoms with van der Waals surface area (Å²) in [4.78, 5) is 0.396. The molecule has 2 N–H and O–H groups in total. The summed E-state index contributed by atoms with van der Waals surface area (Å²) in [5, 5.41) is 20.6. The molecule has 0 aliphatic heterocycles. The van der Waals surface area contributed by atoms with Crippen LogP contribution in [-0.4, -0.2) is 18.6 Å². The van der Waals surface area contributed by atoms with E-state index in [0.29, 0.717) is 24.0 Å². The van der Waals surface area contributed by atoms with Crippen LogP contribution in [0.5, 0.6) is 11.5 Å². The minimum atomic E-state index is -3.74. The zero-order valence-electron chi connectivity index (χ0n) is 23.3. The van der Waals surface area contributed by atoms with Crippen LogP contribution in [0.25, 0.3) is 0 Å². The molecule has 0 aromatic heterocycles. The minimum absolute atomic E-state index is 0.156. The van der Waals surface area contributed by atoms with Crippen LogP contribution in [0.4, 0.5) is 0 Å². The lowest BCUT2D eigenvalue weighted by molar-refractivity contribution is 0.465. The van der Waals surface area contributed by atoms with Crippen molar-refractivity contribution < 1.29 is 18.6 Å². The summed E-state index contributed by atoms with van der Waals surface area (Å²) >= 11 is 0. The van der Waals surface area contributed by atoms with Crippen LogP contribution in [0.3, 0.4) is 0 Å². The Balaban J connectivity index is 1.94. The lowest BCUT2D eigenvalue weighted by atomic mass is 10.0. The molecule has 0 spiro atoms. The summed E-state index contributed by atoms with van der Waals surface area (Å²) in [6.07, 6.45) is 20.5. The first-order valence-corrected chi connectivity index (χ1v) is 16.3. The first-order chi connectivity index (χ1) is 17.9. The highest BCUT2D eigenvalue weighted by Gasteiger charge is 2.20. The Morgan fingerprint density at radius 3 is 1.19 bits per heavy atom. The minimum Gasteiger partial charge on any atom is -0.508 e. The Morgan fingerprint density at radius 2 is 0.838 bits per heavy atom. The van der Waals surface area contributed by atoms with Gasteiger partial charge in [0.2, 0.25) is 9.84 Å². The normalized spacial score (nSPS) is 11.7. The van der Waals surface area contributed by atoms with E-state index in [2.05, 4.69) is 13.8 Å². The van der Waals surface area contributed by atoms with Gasteiger partial charge < -0.3 is 10.2 Å². The van der Waals surface area contributed by atoms with Gasteiger partial charge in [0.25, 0.3) is 0 Å². The maximum atomic E-state index is 13.4. The largest absolute Gasteiger partial charge is 0.508 e. The predicted octanol–water partition coefficient (Wildman–Crippen LogP) is 9.30.